The minimum absolute atomic E-state index is 0.0171. The highest BCUT2D eigenvalue weighted by Crippen LogP contribution is 2.35. The molecule has 0 bridgehead atoms. The molecule has 31 heavy (non-hydrogen) atoms. The Hall–Kier alpha value is -3.31. The molecule has 0 fully saturated rings. The Morgan fingerprint density at radius 2 is 1.68 bits per heavy atom. The lowest BCUT2D eigenvalue weighted by Crippen LogP contribution is -2.18. The van der Waals surface area contributed by atoms with Gasteiger partial charge in [0.25, 0.3) is 0 Å². The van der Waals surface area contributed by atoms with Crippen molar-refractivity contribution in [2.45, 2.75) is 40.2 Å². The molecule has 0 aromatic heterocycles. The largest absolute Gasteiger partial charge is 0.508 e. The molecular formula is C26H29NO4. The number of carbonyl (C=O) groups is 1. The second kappa shape index (κ2) is 10.1. The highest BCUT2D eigenvalue weighted by molar-refractivity contribution is 5.92. The van der Waals surface area contributed by atoms with Crippen molar-refractivity contribution < 1.29 is 19.4 Å². The number of aryl methyl sites for hydroxylation is 2. The molecule has 5 nitrogen and oxygen atoms in total. The summed E-state index contributed by atoms with van der Waals surface area (Å²) in [6.45, 7) is 8.30. The second-order valence-electron chi connectivity index (χ2n) is 7.94. The first kappa shape index (κ1) is 22.4. The summed E-state index contributed by atoms with van der Waals surface area (Å²) in [5.74, 6) is 1.65. The number of ether oxygens (including phenoxy) is 2. The molecule has 5 heteroatoms. The fourth-order valence-electron chi connectivity index (χ4n) is 3.39. The fraction of sp³-hybridized carbons (Fsp3) is 0.269. The van der Waals surface area contributed by atoms with Gasteiger partial charge < -0.3 is 19.9 Å². The van der Waals surface area contributed by atoms with E-state index in [0.717, 1.165) is 28.0 Å². The number of anilines is 1. The van der Waals surface area contributed by atoms with E-state index in [2.05, 4.69) is 5.32 Å². The first-order valence-electron chi connectivity index (χ1n) is 10.4. The summed E-state index contributed by atoms with van der Waals surface area (Å²) in [5.41, 5.74) is 4.37. The number of aromatic hydroxyl groups is 1. The lowest BCUT2D eigenvalue weighted by atomic mass is 10.0. The molecule has 0 aliphatic heterocycles. The first-order valence-corrected chi connectivity index (χ1v) is 10.4. The van der Waals surface area contributed by atoms with E-state index in [-0.39, 0.29) is 24.2 Å². The molecule has 0 unspecified atom stereocenters. The monoisotopic (exact) mass is 419 g/mol. The molecule has 162 valence electrons. The molecule has 0 saturated heterocycles. The third-order valence-electron chi connectivity index (χ3n) is 4.93. The van der Waals surface area contributed by atoms with Crippen LogP contribution < -0.4 is 10.1 Å². The lowest BCUT2D eigenvalue weighted by Gasteiger charge is -2.16. The maximum atomic E-state index is 12.2. The molecule has 3 aromatic rings. The van der Waals surface area contributed by atoms with Gasteiger partial charge >= 0.3 is 0 Å². The summed E-state index contributed by atoms with van der Waals surface area (Å²) >= 11 is 0. The number of hydrogen-bond acceptors (Lipinski definition) is 4. The molecule has 3 aromatic carbocycles. The van der Waals surface area contributed by atoms with E-state index in [1.807, 2.05) is 76.2 Å². The number of hydrogen-bond donors (Lipinski definition) is 2. The van der Waals surface area contributed by atoms with Crippen molar-refractivity contribution in [1.29, 1.82) is 0 Å². The Bertz CT molecular complexity index is 1020. The van der Waals surface area contributed by atoms with E-state index in [1.165, 1.54) is 0 Å². The third-order valence-corrected chi connectivity index (χ3v) is 4.93. The molecule has 0 radical (unpaired) electrons. The predicted octanol–water partition coefficient (Wildman–Crippen LogP) is 6.08. The number of phenols is 1. The molecule has 0 saturated carbocycles. The Kier molecular flexibility index (Phi) is 7.32. The average molecular weight is 420 g/mol. The van der Waals surface area contributed by atoms with Gasteiger partial charge in [-0.15, -0.1) is 0 Å². The van der Waals surface area contributed by atoms with Crippen LogP contribution in [0.15, 0.2) is 60.7 Å². The van der Waals surface area contributed by atoms with Crippen LogP contribution >= 0.6 is 0 Å². The van der Waals surface area contributed by atoms with E-state index in [0.29, 0.717) is 18.0 Å². The zero-order valence-corrected chi connectivity index (χ0v) is 18.4. The Balaban J connectivity index is 1.63. The van der Waals surface area contributed by atoms with Crippen LogP contribution in [0, 0.1) is 13.8 Å². The molecule has 3 rings (SSSR count). The number of amides is 1. The van der Waals surface area contributed by atoms with E-state index in [4.69, 9.17) is 9.47 Å². The molecule has 0 aliphatic rings. The maximum absolute atomic E-state index is 12.2. The van der Waals surface area contributed by atoms with Gasteiger partial charge in [-0.1, -0.05) is 44.2 Å². The summed E-state index contributed by atoms with van der Waals surface area (Å²) in [7, 11) is 0. The van der Waals surface area contributed by atoms with Crippen molar-refractivity contribution in [3.63, 3.8) is 0 Å². The van der Waals surface area contributed by atoms with Gasteiger partial charge in [-0.25, -0.2) is 0 Å². The van der Waals surface area contributed by atoms with Gasteiger partial charge in [0, 0.05) is 11.3 Å². The molecule has 0 heterocycles. The summed E-state index contributed by atoms with van der Waals surface area (Å²) in [6.07, 6.45) is 0. The highest BCUT2D eigenvalue weighted by Gasteiger charge is 2.12. The van der Waals surface area contributed by atoms with Crippen molar-refractivity contribution in [1.82, 2.24) is 0 Å². The fourth-order valence-corrected chi connectivity index (χ4v) is 3.39. The third kappa shape index (κ3) is 6.09. The van der Waals surface area contributed by atoms with Gasteiger partial charge in [-0.2, -0.15) is 0 Å². The number of rotatable bonds is 8. The Morgan fingerprint density at radius 3 is 2.32 bits per heavy atom. The summed E-state index contributed by atoms with van der Waals surface area (Å²) in [6, 6.07) is 18.8. The normalized spacial score (nSPS) is 10.9. The topological polar surface area (TPSA) is 67.8 Å². The van der Waals surface area contributed by atoms with Crippen molar-refractivity contribution in [3.8, 4) is 17.2 Å². The van der Waals surface area contributed by atoms with Gasteiger partial charge in [0.05, 0.1) is 6.61 Å². The van der Waals surface area contributed by atoms with Crippen LogP contribution in [0.3, 0.4) is 0 Å². The van der Waals surface area contributed by atoms with Crippen molar-refractivity contribution in [2.75, 3.05) is 11.9 Å². The average Bonchev–Trinajstić information content (AvgIpc) is 2.72. The van der Waals surface area contributed by atoms with Gasteiger partial charge in [-0.3, -0.25) is 4.79 Å². The minimum atomic E-state index is -0.205. The lowest BCUT2D eigenvalue weighted by molar-refractivity contribution is -0.121. The smallest absolute Gasteiger partial charge is 0.250 e. The molecule has 2 N–H and O–H groups in total. The number of carbonyl (C=O) groups excluding carboxylic acids is 1. The van der Waals surface area contributed by atoms with Crippen LogP contribution in [-0.2, 0) is 16.1 Å². The van der Waals surface area contributed by atoms with Crippen molar-refractivity contribution in [2.24, 2.45) is 0 Å². The first-order chi connectivity index (χ1) is 14.8. The van der Waals surface area contributed by atoms with Crippen molar-refractivity contribution >= 4 is 11.6 Å². The van der Waals surface area contributed by atoms with Crippen LogP contribution in [0.5, 0.6) is 17.2 Å². The van der Waals surface area contributed by atoms with Crippen LogP contribution in [0.25, 0.3) is 0 Å². The second-order valence-corrected chi connectivity index (χ2v) is 7.94. The Labute approximate surface area is 183 Å². The summed E-state index contributed by atoms with van der Waals surface area (Å²) in [5, 5.41) is 12.9. The zero-order valence-electron chi connectivity index (χ0n) is 18.4. The SMILES string of the molecule is Cc1cc(NC(=O)COCc2ccccc2)cc(C)c1Oc1ccc(O)c(C(C)C)c1. The van der Waals surface area contributed by atoms with Crippen LogP contribution in [-0.4, -0.2) is 17.6 Å². The molecule has 0 spiro atoms. The number of benzene rings is 3. The minimum Gasteiger partial charge on any atom is -0.508 e. The maximum Gasteiger partial charge on any atom is 0.250 e. The zero-order chi connectivity index (χ0) is 22.4. The number of nitrogens with one attached hydrogen (secondary N) is 1. The van der Waals surface area contributed by atoms with E-state index < -0.39 is 0 Å². The number of phenolic OH excluding ortho intramolecular Hbond substituents is 1. The van der Waals surface area contributed by atoms with Crippen LogP contribution in [0.2, 0.25) is 0 Å². The van der Waals surface area contributed by atoms with Crippen LogP contribution in [0.1, 0.15) is 42.0 Å². The molecule has 0 atom stereocenters. The van der Waals surface area contributed by atoms with Gasteiger partial charge in [0.2, 0.25) is 5.91 Å². The van der Waals surface area contributed by atoms with E-state index in [9.17, 15) is 9.90 Å². The van der Waals surface area contributed by atoms with Gasteiger partial charge in [0.15, 0.2) is 0 Å². The summed E-state index contributed by atoms with van der Waals surface area (Å²) in [4.78, 5) is 12.2. The molecule has 1 amide bonds. The summed E-state index contributed by atoms with van der Waals surface area (Å²) < 4.78 is 11.6. The van der Waals surface area contributed by atoms with Gasteiger partial charge in [-0.05, 0) is 66.8 Å². The molecule has 0 aliphatic carbocycles. The standard InChI is InChI=1S/C26H29NO4/c1-17(2)23-14-22(10-11-24(23)28)31-26-18(3)12-21(13-19(26)4)27-25(29)16-30-15-20-8-6-5-7-9-20/h5-14,17,28H,15-16H2,1-4H3,(H,27,29). The Morgan fingerprint density at radius 1 is 1.00 bits per heavy atom. The molecular weight excluding hydrogens is 390 g/mol. The predicted molar refractivity (Wildman–Crippen MR) is 123 cm³/mol. The van der Waals surface area contributed by atoms with Crippen molar-refractivity contribution in [3.05, 3.63) is 82.9 Å². The van der Waals surface area contributed by atoms with Crippen LogP contribution in [0.4, 0.5) is 5.69 Å². The highest BCUT2D eigenvalue weighted by atomic mass is 16.5. The quantitative estimate of drug-likeness (QED) is 0.464. The van der Waals surface area contributed by atoms with E-state index in [1.54, 1.807) is 12.1 Å². The van der Waals surface area contributed by atoms with Gasteiger partial charge in [0.1, 0.15) is 23.9 Å². The van der Waals surface area contributed by atoms with E-state index >= 15 is 0 Å².